The van der Waals surface area contributed by atoms with Gasteiger partial charge in [0.25, 0.3) is 0 Å². The van der Waals surface area contributed by atoms with Crippen LogP contribution in [0.2, 0.25) is 0 Å². The van der Waals surface area contributed by atoms with Crippen LogP contribution in [0.15, 0.2) is 24.3 Å². The van der Waals surface area contributed by atoms with Crippen LogP contribution in [-0.4, -0.2) is 29.8 Å². The number of benzene rings is 1. The van der Waals surface area contributed by atoms with Crippen molar-refractivity contribution in [3.05, 3.63) is 29.8 Å². The van der Waals surface area contributed by atoms with Gasteiger partial charge in [-0.2, -0.15) is 13.2 Å². The first-order valence-electron chi connectivity index (χ1n) is 10.1. The fourth-order valence-electron chi connectivity index (χ4n) is 4.23. The van der Waals surface area contributed by atoms with Gasteiger partial charge in [-0.15, -0.1) is 0 Å². The standard InChI is InChI=1S/C21H27F3N2O2/c22-21(23,24)17-7-3-4-8-18(17)25-19(27)15-9-11-16(12-10-15)20(28)26-13-5-1-2-6-14-26/h3-4,7-8,15-16H,1-2,5-6,9-14H2,(H,25,27). The minimum Gasteiger partial charge on any atom is -0.342 e. The van der Waals surface area contributed by atoms with Crippen LogP contribution in [0, 0.1) is 11.8 Å². The van der Waals surface area contributed by atoms with Gasteiger partial charge in [-0.05, 0) is 50.7 Å². The van der Waals surface area contributed by atoms with Gasteiger partial charge in [0.1, 0.15) is 0 Å². The highest BCUT2D eigenvalue weighted by Gasteiger charge is 2.35. The van der Waals surface area contributed by atoms with Gasteiger partial charge in [-0.25, -0.2) is 0 Å². The number of likely N-dealkylation sites (tertiary alicyclic amines) is 1. The average molecular weight is 396 g/mol. The number of nitrogens with one attached hydrogen (secondary N) is 1. The minimum absolute atomic E-state index is 0.0652. The monoisotopic (exact) mass is 396 g/mol. The normalized spacial score (nSPS) is 23.8. The number of carbonyl (C=O) groups is 2. The molecule has 1 aromatic carbocycles. The largest absolute Gasteiger partial charge is 0.418 e. The highest BCUT2D eigenvalue weighted by Crippen LogP contribution is 2.36. The summed E-state index contributed by atoms with van der Waals surface area (Å²) in [6, 6.07) is 5.02. The van der Waals surface area contributed by atoms with Crippen LogP contribution < -0.4 is 5.32 Å². The summed E-state index contributed by atoms with van der Waals surface area (Å²) in [5.41, 5.74) is -1.05. The Labute approximate surface area is 163 Å². The third-order valence-corrected chi connectivity index (χ3v) is 5.86. The maximum atomic E-state index is 13.1. The molecule has 7 heteroatoms. The lowest BCUT2D eigenvalue weighted by molar-refractivity contribution is -0.138. The zero-order valence-corrected chi connectivity index (χ0v) is 15.9. The molecule has 1 aliphatic carbocycles. The first-order chi connectivity index (χ1) is 13.4. The molecule has 4 nitrogen and oxygen atoms in total. The van der Waals surface area contributed by atoms with Crippen molar-refractivity contribution in [2.45, 2.75) is 57.5 Å². The van der Waals surface area contributed by atoms with Crippen LogP contribution >= 0.6 is 0 Å². The Morgan fingerprint density at radius 2 is 1.46 bits per heavy atom. The van der Waals surface area contributed by atoms with Gasteiger partial charge < -0.3 is 10.2 Å². The molecule has 0 radical (unpaired) electrons. The molecule has 154 valence electrons. The van der Waals surface area contributed by atoms with Crippen LogP contribution in [-0.2, 0) is 15.8 Å². The fraction of sp³-hybridized carbons (Fsp3) is 0.619. The van der Waals surface area contributed by atoms with E-state index in [0.29, 0.717) is 25.7 Å². The van der Waals surface area contributed by atoms with Gasteiger partial charge in [-0.3, -0.25) is 9.59 Å². The molecule has 1 aliphatic heterocycles. The molecule has 2 aliphatic rings. The fourth-order valence-corrected chi connectivity index (χ4v) is 4.23. The van der Waals surface area contributed by atoms with Gasteiger partial charge >= 0.3 is 6.18 Å². The second-order valence-electron chi connectivity index (χ2n) is 7.82. The number of rotatable bonds is 3. The van der Waals surface area contributed by atoms with Crippen molar-refractivity contribution in [3.8, 4) is 0 Å². The molecular formula is C21H27F3N2O2. The zero-order chi connectivity index (χ0) is 20.1. The Hall–Kier alpha value is -2.05. The molecule has 0 spiro atoms. The number of hydrogen-bond donors (Lipinski definition) is 1. The van der Waals surface area contributed by atoms with Crippen molar-refractivity contribution in [2.75, 3.05) is 18.4 Å². The van der Waals surface area contributed by atoms with Gasteiger partial charge in [0.2, 0.25) is 11.8 Å². The van der Waals surface area contributed by atoms with Crippen molar-refractivity contribution in [3.63, 3.8) is 0 Å². The van der Waals surface area contributed by atoms with E-state index in [4.69, 9.17) is 0 Å². The van der Waals surface area contributed by atoms with E-state index in [9.17, 15) is 22.8 Å². The smallest absolute Gasteiger partial charge is 0.342 e. The molecule has 28 heavy (non-hydrogen) atoms. The number of alkyl halides is 3. The predicted octanol–water partition coefficient (Wildman–Crippen LogP) is 4.85. The molecule has 0 unspecified atom stereocenters. The second-order valence-corrected chi connectivity index (χ2v) is 7.82. The van der Waals surface area contributed by atoms with E-state index in [1.807, 2.05) is 4.90 Å². The van der Waals surface area contributed by atoms with Crippen LogP contribution in [0.3, 0.4) is 0 Å². The molecule has 3 rings (SSSR count). The second kappa shape index (κ2) is 8.97. The number of nitrogens with zero attached hydrogens (tertiary/aromatic N) is 1. The summed E-state index contributed by atoms with van der Waals surface area (Å²) in [4.78, 5) is 27.2. The number of para-hydroxylation sites is 1. The molecule has 2 fully saturated rings. The molecule has 1 heterocycles. The zero-order valence-electron chi connectivity index (χ0n) is 15.9. The van der Waals surface area contributed by atoms with Crippen molar-refractivity contribution in [2.24, 2.45) is 11.8 Å². The van der Waals surface area contributed by atoms with E-state index in [1.165, 1.54) is 18.2 Å². The first kappa shape index (κ1) is 20.7. The minimum atomic E-state index is -4.51. The number of anilines is 1. The average Bonchev–Trinajstić information content (AvgIpc) is 2.96. The Morgan fingerprint density at radius 1 is 0.893 bits per heavy atom. The van der Waals surface area contributed by atoms with E-state index in [-0.39, 0.29) is 23.4 Å². The van der Waals surface area contributed by atoms with Gasteiger partial charge in [0.05, 0.1) is 11.3 Å². The summed E-state index contributed by atoms with van der Waals surface area (Å²) in [5, 5.41) is 2.45. The van der Waals surface area contributed by atoms with E-state index < -0.39 is 17.6 Å². The lowest BCUT2D eigenvalue weighted by Gasteiger charge is -2.31. The molecule has 1 saturated heterocycles. The number of hydrogen-bond acceptors (Lipinski definition) is 2. The summed E-state index contributed by atoms with van der Waals surface area (Å²) in [7, 11) is 0. The summed E-state index contributed by atoms with van der Waals surface area (Å²) in [6.45, 7) is 1.63. The quantitative estimate of drug-likeness (QED) is 0.794. The predicted molar refractivity (Wildman–Crippen MR) is 101 cm³/mol. The Balaban J connectivity index is 1.55. The molecular weight excluding hydrogens is 369 g/mol. The molecule has 1 saturated carbocycles. The molecule has 1 aromatic rings. The van der Waals surface area contributed by atoms with Crippen molar-refractivity contribution in [1.29, 1.82) is 0 Å². The van der Waals surface area contributed by atoms with Gasteiger partial charge in [0.15, 0.2) is 0 Å². The highest BCUT2D eigenvalue weighted by molar-refractivity contribution is 5.93. The molecule has 0 atom stereocenters. The van der Waals surface area contributed by atoms with Crippen molar-refractivity contribution in [1.82, 2.24) is 4.90 Å². The Bertz CT molecular complexity index is 689. The van der Waals surface area contributed by atoms with E-state index in [2.05, 4.69) is 5.32 Å². The molecule has 1 N–H and O–H groups in total. The van der Waals surface area contributed by atoms with E-state index >= 15 is 0 Å². The molecule has 2 amide bonds. The maximum absolute atomic E-state index is 13.1. The van der Waals surface area contributed by atoms with E-state index in [1.54, 1.807) is 0 Å². The highest BCUT2D eigenvalue weighted by atomic mass is 19.4. The number of carbonyl (C=O) groups excluding carboxylic acids is 2. The third-order valence-electron chi connectivity index (χ3n) is 5.86. The lowest BCUT2D eigenvalue weighted by Crippen LogP contribution is -2.39. The SMILES string of the molecule is O=C(Nc1ccccc1C(F)(F)F)C1CCC(C(=O)N2CCCCCC2)CC1. The number of halogens is 3. The van der Waals surface area contributed by atoms with Gasteiger partial charge in [-0.1, -0.05) is 25.0 Å². The van der Waals surface area contributed by atoms with Crippen LogP contribution in [0.25, 0.3) is 0 Å². The first-order valence-corrected chi connectivity index (χ1v) is 10.1. The van der Waals surface area contributed by atoms with Crippen molar-refractivity contribution >= 4 is 17.5 Å². The van der Waals surface area contributed by atoms with E-state index in [0.717, 1.165) is 44.8 Å². The maximum Gasteiger partial charge on any atom is 0.418 e. The third kappa shape index (κ3) is 5.06. The summed E-state index contributed by atoms with van der Waals surface area (Å²) in [6.07, 6.45) is 2.20. The topological polar surface area (TPSA) is 49.4 Å². The van der Waals surface area contributed by atoms with Crippen LogP contribution in [0.1, 0.15) is 56.9 Å². The Morgan fingerprint density at radius 3 is 2.07 bits per heavy atom. The Kier molecular flexibility index (Phi) is 6.62. The van der Waals surface area contributed by atoms with Crippen molar-refractivity contribution < 1.29 is 22.8 Å². The summed E-state index contributed by atoms with van der Waals surface area (Å²) >= 11 is 0. The van der Waals surface area contributed by atoms with Crippen LogP contribution in [0.4, 0.5) is 18.9 Å². The summed E-state index contributed by atoms with van der Waals surface area (Å²) in [5.74, 6) is -0.625. The van der Waals surface area contributed by atoms with Gasteiger partial charge in [0, 0.05) is 24.9 Å². The lowest BCUT2D eigenvalue weighted by atomic mass is 9.80. The molecule has 0 aromatic heterocycles. The number of amides is 2. The molecule has 0 bridgehead atoms. The van der Waals surface area contributed by atoms with Crippen LogP contribution in [0.5, 0.6) is 0 Å². The summed E-state index contributed by atoms with van der Waals surface area (Å²) < 4.78 is 39.3.